The average Bonchev–Trinajstić information content (AvgIpc) is 2.19. The molecule has 1 aliphatic carbocycles. The predicted octanol–water partition coefficient (Wildman–Crippen LogP) is 1.49. The molecule has 1 rings (SSSR count). The lowest BCUT2D eigenvalue weighted by atomic mass is 9.71. The van der Waals surface area contributed by atoms with Crippen molar-refractivity contribution in [2.75, 3.05) is 6.54 Å². The lowest BCUT2D eigenvalue weighted by Crippen LogP contribution is -2.34. The number of hydrogen-bond acceptors (Lipinski definition) is 2. The summed E-state index contributed by atoms with van der Waals surface area (Å²) in [5, 5.41) is 0. The Bertz CT molecular complexity index is 221. The Hall–Kier alpha value is -0.810. The van der Waals surface area contributed by atoms with Crippen LogP contribution < -0.4 is 5.73 Å². The van der Waals surface area contributed by atoms with Gasteiger partial charge in [0.25, 0.3) is 0 Å². The lowest BCUT2D eigenvalue weighted by Gasteiger charge is -2.35. The van der Waals surface area contributed by atoms with Gasteiger partial charge in [-0.15, -0.1) is 6.42 Å². The molecule has 2 N–H and O–H groups in total. The van der Waals surface area contributed by atoms with Gasteiger partial charge < -0.3 is 5.73 Å². The summed E-state index contributed by atoms with van der Waals surface area (Å²) in [5.41, 5.74) is 5.75. The van der Waals surface area contributed by atoms with Gasteiger partial charge >= 0.3 is 0 Å². The highest BCUT2D eigenvalue weighted by Crippen LogP contribution is 2.38. The summed E-state index contributed by atoms with van der Waals surface area (Å²) in [7, 11) is 0. The molecule has 0 unspecified atom stereocenters. The number of ketones is 1. The summed E-state index contributed by atoms with van der Waals surface area (Å²) in [6.45, 7) is 0.598. The van der Waals surface area contributed by atoms with Gasteiger partial charge in [0, 0.05) is 6.42 Å². The minimum Gasteiger partial charge on any atom is -0.330 e. The molecule has 0 radical (unpaired) electrons. The Kier molecular flexibility index (Phi) is 3.50. The van der Waals surface area contributed by atoms with Crippen molar-refractivity contribution < 1.29 is 4.79 Å². The first kappa shape index (κ1) is 10.3. The quantitative estimate of drug-likeness (QED) is 0.527. The van der Waals surface area contributed by atoms with Crippen molar-refractivity contribution in [2.24, 2.45) is 11.1 Å². The zero-order valence-corrected chi connectivity index (χ0v) is 8.01. The van der Waals surface area contributed by atoms with E-state index in [1.807, 2.05) is 0 Å². The number of carbonyl (C=O) groups is 1. The zero-order valence-electron chi connectivity index (χ0n) is 8.01. The molecule has 0 saturated heterocycles. The highest BCUT2D eigenvalue weighted by Gasteiger charge is 2.32. The first-order chi connectivity index (χ1) is 6.22. The van der Waals surface area contributed by atoms with Crippen molar-refractivity contribution in [3.05, 3.63) is 0 Å². The molecule has 13 heavy (non-hydrogen) atoms. The van der Waals surface area contributed by atoms with Crippen LogP contribution in [0.25, 0.3) is 0 Å². The van der Waals surface area contributed by atoms with Crippen LogP contribution in [0.3, 0.4) is 0 Å². The minimum absolute atomic E-state index is 0.0295. The second kappa shape index (κ2) is 4.43. The van der Waals surface area contributed by atoms with Gasteiger partial charge in [-0.05, 0) is 30.7 Å². The van der Waals surface area contributed by atoms with E-state index in [0.717, 1.165) is 12.8 Å². The second-order valence-electron chi connectivity index (χ2n) is 4.01. The van der Waals surface area contributed by atoms with Crippen LogP contribution in [0.4, 0.5) is 0 Å². The van der Waals surface area contributed by atoms with Crippen molar-refractivity contribution in [3.63, 3.8) is 0 Å². The smallest absolute Gasteiger partial charge is 0.205 e. The lowest BCUT2D eigenvalue weighted by molar-refractivity contribution is -0.116. The molecule has 0 aliphatic heterocycles. The first-order valence-electron chi connectivity index (χ1n) is 4.92. The average molecular weight is 179 g/mol. The number of carbonyl (C=O) groups excluding carboxylic acids is 1. The largest absolute Gasteiger partial charge is 0.330 e. The van der Waals surface area contributed by atoms with E-state index in [9.17, 15) is 4.79 Å². The highest BCUT2D eigenvalue weighted by molar-refractivity contribution is 5.95. The molecular weight excluding hydrogens is 162 g/mol. The van der Waals surface area contributed by atoms with Crippen LogP contribution in [-0.4, -0.2) is 12.3 Å². The van der Waals surface area contributed by atoms with E-state index in [4.69, 9.17) is 12.2 Å². The van der Waals surface area contributed by atoms with Crippen molar-refractivity contribution in [1.29, 1.82) is 0 Å². The van der Waals surface area contributed by atoms with Gasteiger partial charge in [-0.1, -0.05) is 19.3 Å². The molecule has 0 spiro atoms. The summed E-state index contributed by atoms with van der Waals surface area (Å²) >= 11 is 0. The van der Waals surface area contributed by atoms with Gasteiger partial charge in [0.1, 0.15) is 0 Å². The molecule has 1 fully saturated rings. The van der Waals surface area contributed by atoms with Crippen molar-refractivity contribution in [3.8, 4) is 12.3 Å². The number of rotatable bonds is 3. The van der Waals surface area contributed by atoms with E-state index in [1.54, 1.807) is 0 Å². The molecule has 2 heteroatoms. The van der Waals surface area contributed by atoms with E-state index in [-0.39, 0.29) is 11.2 Å². The maximum Gasteiger partial charge on any atom is 0.205 e. The monoisotopic (exact) mass is 179 g/mol. The maximum absolute atomic E-state index is 11.2. The molecule has 1 aliphatic rings. The summed E-state index contributed by atoms with van der Waals surface area (Å²) < 4.78 is 0. The van der Waals surface area contributed by atoms with E-state index in [1.165, 1.54) is 19.3 Å². The molecule has 0 aromatic rings. The van der Waals surface area contributed by atoms with Crippen molar-refractivity contribution >= 4 is 5.78 Å². The number of nitrogens with two attached hydrogens (primary N) is 1. The van der Waals surface area contributed by atoms with Crippen LogP contribution >= 0.6 is 0 Å². The SMILES string of the molecule is C#CC(=O)CC1(CN)CCCCC1. The Balaban J connectivity index is 2.58. The van der Waals surface area contributed by atoms with Gasteiger partial charge in [0.05, 0.1) is 0 Å². The molecule has 1 saturated carbocycles. The molecule has 72 valence electrons. The summed E-state index contributed by atoms with van der Waals surface area (Å²) in [5.74, 6) is 2.09. The van der Waals surface area contributed by atoms with Crippen molar-refractivity contribution in [2.45, 2.75) is 38.5 Å². The van der Waals surface area contributed by atoms with Crippen LogP contribution in [0, 0.1) is 17.8 Å². The molecule has 0 bridgehead atoms. The van der Waals surface area contributed by atoms with Gasteiger partial charge in [-0.3, -0.25) is 4.79 Å². The maximum atomic E-state index is 11.2. The van der Waals surface area contributed by atoms with Gasteiger partial charge in [0.2, 0.25) is 5.78 Å². The Labute approximate surface area is 79.9 Å². The molecule has 0 aromatic carbocycles. The van der Waals surface area contributed by atoms with Gasteiger partial charge in [-0.2, -0.15) is 0 Å². The topological polar surface area (TPSA) is 43.1 Å². The predicted molar refractivity (Wildman–Crippen MR) is 53.0 cm³/mol. The molecule has 0 heterocycles. The molecule has 0 amide bonds. The number of terminal acetylenes is 1. The first-order valence-corrected chi connectivity index (χ1v) is 4.92. The summed E-state index contributed by atoms with van der Waals surface area (Å²) in [6, 6.07) is 0. The van der Waals surface area contributed by atoms with Crippen LogP contribution in [0.15, 0.2) is 0 Å². The molecular formula is C11H17NO. The fraction of sp³-hybridized carbons (Fsp3) is 0.727. The zero-order chi connectivity index (χ0) is 9.73. The number of hydrogen-bond donors (Lipinski definition) is 1. The third kappa shape index (κ3) is 2.57. The Morgan fingerprint density at radius 3 is 2.46 bits per heavy atom. The molecule has 0 aromatic heterocycles. The van der Waals surface area contributed by atoms with E-state index in [2.05, 4.69) is 5.92 Å². The van der Waals surface area contributed by atoms with Crippen LogP contribution in [0.2, 0.25) is 0 Å². The van der Waals surface area contributed by atoms with Crippen LogP contribution in [0.5, 0.6) is 0 Å². The third-order valence-electron chi connectivity index (χ3n) is 3.04. The highest BCUT2D eigenvalue weighted by atomic mass is 16.1. The number of Topliss-reactive ketones (excluding diaryl/α,β-unsaturated/α-hetero) is 1. The summed E-state index contributed by atoms with van der Waals surface area (Å²) in [6.07, 6.45) is 11.3. The minimum atomic E-state index is -0.0904. The Morgan fingerprint density at radius 1 is 1.38 bits per heavy atom. The third-order valence-corrected chi connectivity index (χ3v) is 3.04. The molecule has 0 atom stereocenters. The normalized spacial score (nSPS) is 20.6. The fourth-order valence-electron chi connectivity index (χ4n) is 2.15. The van der Waals surface area contributed by atoms with Gasteiger partial charge in [0.15, 0.2) is 0 Å². The standard InChI is InChI=1S/C11H17NO/c1-2-10(13)8-11(9-12)6-4-3-5-7-11/h1H,3-9,12H2. The second-order valence-corrected chi connectivity index (χ2v) is 4.01. The van der Waals surface area contributed by atoms with E-state index < -0.39 is 0 Å². The van der Waals surface area contributed by atoms with Crippen LogP contribution in [0.1, 0.15) is 38.5 Å². The van der Waals surface area contributed by atoms with Crippen molar-refractivity contribution in [1.82, 2.24) is 0 Å². The van der Waals surface area contributed by atoms with Crippen LogP contribution in [-0.2, 0) is 4.79 Å². The van der Waals surface area contributed by atoms with E-state index in [0.29, 0.717) is 13.0 Å². The van der Waals surface area contributed by atoms with Gasteiger partial charge in [-0.25, -0.2) is 0 Å². The fourth-order valence-corrected chi connectivity index (χ4v) is 2.15. The summed E-state index contributed by atoms with van der Waals surface area (Å²) in [4.78, 5) is 11.2. The van der Waals surface area contributed by atoms with E-state index >= 15 is 0 Å². The Morgan fingerprint density at radius 2 is 2.00 bits per heavy atom. The molecule has 2 nitrogen and oxygen atoms in total.